The lowest BCUT2D eigenvalue weighted by atomic mass is 10.1. The van der Waals surface area contributed by atoms with Crippen molar-refractivity contribution in [2.45, 2.75) is 19.4 Å². The number of nitriles is 1. The highest BCUT2D eigenvalue weighted by molar-refractivity contribution is 5.85. The zero-order valence-corrected chi connectivity index (χ0v) is 9.55. The number of carbonyl (C=O) groups is 1. The predicted octanol–water partition coefficient (Wildman–Crippen LogP) is 1.95. The van der Waals surface area contributed by atoms with Crippen LogP contribution in [0.5, 0.6) is 0 Å². The van der Waals surface area contributed by atoms with Crippen molar-refractivity contribution in [3.05, 3.63) is 36.0 Å². The third kappa shape index (κ3) is 1.87. The SMILES string of the molecule is CCC(C(N)=O)n1ccc2cc(C#N)ccc21. The molecule has 0 aliphatic heterocycles. The van der Waals surface area contributed by atoms with E-state index in [0.717, 1.165) is 10.9 Å². The van der Waals surface area contributed by atoms with E-state index in [1.54, 1.807) is 12.1 Å². The Morgan fingerprint density at radius 2 is 2.29 bits per heavy atom. The Hall–Kier alpha value is -2.28. The van der Waals surface area contributed by atoms with Crippen LogP contribution in [0.3, 0.4) is 0 Å². The number of rotatable bonds is 3. The molecular formula is C13H13N3O. The summed E-state index contributed by atoms with van der Waals surface area (Å²) in [6.07, 6.45) is 2.49. The van der Waals surface area contributed by atoms with Gasteiger partial charge in [0.25, 0.3) is 0 Å². The van der Waals surface area contributed by atoms with E-state index in [-0.39, 0.29) is 11.9 Å². The molecule has 1 aromatic carbocycles. The molecular weight excluding hydrogens is 214 g/mol. The first-order valence-corrected chi connectivity index (χ1v) is 5.47. The van der Waals surface area contributed by atoms with Crippen molar-refractivity contribution in [1.29, 1.82) is 5.26 Å². The molecule has 1 atom stereocenters. The number of nitrogens with zero attached hydrogens (tertiary/aromatic N) is 2. The Morgan fingerprint density at radius 3 is 2.88 bits per heavy atom. The van der Waals surface area contributed by atoms with Crippen LogP contribution < -0.4 is 5.73 Å². The fourth-order valence-electron chi connectivity index (χ4n) is 2.04. The first kappa shape index (κ1) is 11.2. The molecule has 17 heavy (non-hydrogen) atoms. The quantitative estimate of drug-likeness (QED) is 0.870. The van der Waals surface area contributed by atoms with Gasteiger partial charge in [0.05, 0.1) is 11.6 Å². The standard InChI is InChI=1S/C13H13N3O/c1-2-11(13(15)17)16-6-5-10-7-9(8-14)3-4-12(10)16/h3-7,11H,2H2,1H3,(H2,15,17). The molecule has 4 nitrogen and oxygen atoms in total. The number of hydrogen-bond donors (Lipinski definition) is 1. The Balaban J connectivity index is 2.57. The van der Waals surface area contributed by atoms with E-state index in [2.05, 4.69) is 6.07 Å². The van der Waals surface area contributed by atoms with Crippen molar-refractivity contribution in [3.8, 4) is 6.07 Å². The number of nitrogens with two attached hydrogens (primary N) is 1. The highest BCUT2D eigenvalue weighted by Crippen LogP contribution is 2.22. The average molecular weight is 227 g/mol. The molecule has 0 spiro atoms. The molecule has 0 fully saturated rings. The van der Waals surface area contributed by atoms with Crippen molar-refractivity contribution in [2.24, 2.45) is 5.73 Å². The second-order valence-electron chi connectivity index (χ2n) is 3.93. The van der Waals surface area contributed by atoms with Crippen LogP contribution in [0.25, 0.3) is 10.9 Å². The fourth-order valence-corrected chi connectivity index (χ4v) is 2.04. The van der Waals surface area contributed by atoms with Crippen LogP contribution in [0.2, 0.25) is 0 Å². The number of benzene rings is 1. The lowest BCUT2D eigenvalue weighted by Gasteiger charge is -2.14. The number of amides is 1. The number of hydrogen-bond acceptors (Lipinski definition) is 2. The van der Waals surface area contributed by atoms with Gasteiger partial charge in [-0.2, -0.15) is 5.26 Å². The summed E-state index contributed by atoms with van der Waals surface area (Å²) in [6.45, 7) is 1.92. The van der Waals surface area contributed by atoms with Crippen LogP contribution in [-0.4, -0.2) is 10.5 Å². The molecule has 1 aromatic heterocycles. The number of carbonyl (C=O) groups excluding carboxylic acids is 1. The molecule has 0 saturated heterocycles. The smallest absolute Gasteiger partial charge is 0.240 e. The minimum absolute atomic E-state index is 0.333. The van der Waals surface area contributed by atoms with Gasteiger partial charge in [0.1, 0.15) is 6.04 Å². The normalized spacial score (nSPS) is 12.2. The van der Waals surface area contributed by atoms with Gasteiger partial charge in [-0.15, -0.1) is 0 Å². The molecule has 0 saturated carbocycles. The fraction of sp³-hybridized carbons (Fsp3) is 0.231. The van der Waals surface area contributed by atoms with Crippen molar-refractivity contribution in [2.75, 3.05) is 0 Å². The molecule has 2 rings (SSSR count). The van der Waals surface area contributed by atoms with Crippen LogP contribution in [0.1, 0.15) is 24.9 Å². The molecule has 1 unspecified atom stereocenters. The van der Waals surface area contributed by atoms with E-state index in [4.69, 9.17) is 11.0 Å². The summed E-state index contributed by atoms with van der Waals surface area (Å²) in [4.78, 5) is 11.3. The highest BCUT2D eigenvalue weighted by Gasteiger charge is 2.16. The van der Waals surface area contributed by atoms with Crippen molar-refractivity contribution >= 4 is 16.8 Å². The van der Waals surface area contributed by atoms with E-state index in [9.17, 15) is 4.79 Å². The van der Waals surface area contributed by atoms with E-state index < -0.39 is 0 Å². The van der Waals surface area contributed by atoms with Gasteiger partial charge in [0.2, 0.25) is 5.91 Å². The van der Waals surface area contributed by atoms with Gasteiger partial charge in [0, 0.05) is 17.1 Å². The maximum atomic E-state index is 11.3. The van der Waals surface area contributed by atoms with Crippen molar-refractivity contribution in [3.63, 3.8) is 0 Å². The summed E-state index contributed by atoms with van der Waals surface area (Å²) in [6, 6.07) is 9.05. The number of primary amides is 1. The van der Waals surface area contributed by atoms with Gasteiger partial charge in [0.15, 0.2) is 0 Å². The van der Waals surface area contributed by atoms with E-state index >= 15 is 0 Å². The summed E-state index contributed by atoms with van der Waals surface area (Å²) < 4.78 is 1.86. The van der Waals surface area contributed by atoms with Crippen LogP contribution in [0.4, 0.5) is 0 Å². The predicted molar refractivity (Wildman–Crippen MR) is 65.2 cm³/mol. The Labute approximate surface area is 99.3 Å². The molecule has 1 amide bonds. The second-order valence-corrected chi connectivity index (χ2v) is 3.93. The molecule has 2 N–H and O–H groups in total. The molecule has 0 bridgehead atoms. The summed E-state index contributed by atoms with van der Waals surface area (Å²) >= 11 is 0. The van der Waals surface area contributed by atoms with Crippen LogP contribution in [0.15, 0.2) is 30.5 Å². The minimum atomic E-state index is -0.339. The maximum absolute atomic E-state index is 11.3. The largest absolute Gasteiger partial charge is 0.368 e. The Bertz CT molecular complexity index is 607. The van der Waals surface area contributed by atoms with Gasteiger partial charge in [-0.3, -0.25) is 4.79 Å². The van der Waals surface area contributed by atoms with E-state index in [1.807, 2.05) is 29.8 Å². The monoisotopic (exact) mass is 227 g/mol. The summed E-state index contributed by atoms with van der Waals surface area (Å²) in [5.74, 6) is -0.339. The summed E-state index contributed by atoms with van der Waals surface area (Å²) in [5.41, 5.74) is 6.91. The third-order valence-corrected chi connectivity index (χ3v) is 2.90. The first-order chi connectivity index (χ1) is 8.17. The van der Waals surface area contributed by atoms with Gasteiger partial charge in [-0.05, 0) is 30.7 Å². The lowest BCUT2D eigenvalue weighted by molar-refractivity contribution is -0.121. The second kappa shape index (κ2) is 4.30. The van der Waals surface area contributed by atoms with Gasteiger partial charge in [-0.1, -0.05) is 6.92 Å². The molecule has 1 heterocycles. The van der Waals surface area contributed by atoms with Crippen molar-refractivity contribution < 1.29 is 4.79 Å². The van der Waals surface area contributed by atoms with E-state index in [1.165, 1.54) is 0 Å². The zero-order valence-electron chi connectivity index (χ0n) is 9.55. The van der Waals surface area contributed by atoms with Crippen LogP contribution in [0, 0.1) is 11.3 Å². The van der Waals surface area contributed by atoms with Gasteiger partial charge >= 0.3 is 0 Å². The third-order valence-electron chi connectivity index (χ3n) is 2.90. The topological polar surface area (TPSA) is 71.8 Å². The van der Waals surface area contributed by atoms with E-state index in [0.29, 0.717) is 12.0 Å². The highest BCUT2D eigenvalue weighted by atomic mass is 16.1. The molecule has 0 aliphatic rings. The molecule has 86 valence electrons. The number of fused-ring (bicyclic) bond motifs is 1. The zero-order chi connectivity index (χ0) is 12.4. The molecule has 0 radical (unpaired) electrons. The molecule has 2 aromatic rings. The Morgan fingerprint density at radius 1 is 1.53 bits per heavy atom. The van der Waals surface area contributed by atoms with Crippen molar-refractivity contribution in [1.82, 2.24) is 4.57 Å². The summed E-state index contributed by atoms with van der Waals surface area (Å²) in [5, 5.41) is 9.76. The van der Waals surface area contributed by atoms with Crippen LogP contribution >= 0.6 is 0 Å². The first-order valence-electron chi connectivity index (χ1n) is 5.47. The Kier molecular flexibility index (Phi) is 2.84. The maximum Gasteiger partial charge on any atom is 0.240 e. The van der Waals surface area contributed by atoms with Gasteiger partial charge < -0.3 is 10.3 Å². The number of aromatic nitrogens is 1. The summed E-state index contributed by atoms with van der Waals surface area (Å²) in [7, 11) is 0. The van der Waals surface area contributed by atoms with Gasteiger partial charge in [-0.25, -0.2) is 0 Å². The molecule has 4 heteroatoms. The lowest BCUT2D eigenvalue weighted by Crippen LogP contribution is -2.25. The average Bonchev–Trinajstić information content (AvgIpc) is 2.73. The van der Waals surface area contributed by atoms with Crippen LogP contribution in [-0.2, 0) is 4.79 Å². The minimum Gasteiger partial charge on any atom is -0.368 e. The molecule has 0 aliphatic carbocycles.